The number of hydrogen-bond acceptors (Lipinski definition) is 5. The molecule has 0 fully saturated rings. The molecule has 33 heavy (non-hydrogen) atoms. The van der Waals surface area contributed by atoms with Crippen molar-refractivity contribution in [1.29, 1.82) is 0 Å². The normalized spacial score (nSPS) is 11.2. The van der Waals surface area contributed by atoms with Gasteiger partial charge < -0.3 is 10.4 Å². The smallest absolute Gasteiger partial charge is 0.307 e. The van der Waals surface area contributed by atoms with Gasteiger partial charge in [0.2, 0.25) is 0 Å². The lowest BCUT2D eigenvalue weighted by Gasteiger charge is -2.14. The third kappa shape index (κ3) is 7.26. The van der Waals surface area contributed by atoms with Crippen LogP contribution in [0.1, 0.15) is 67.6 Å². The molecule has 0 bridgehead atoms. The van der Waals surface area contributed by atoms with Crippen molar-refractivity contribution in [2.45, 2.75) is 65.7 Å². The molecule has 1 aromatic carbocycles. The minimum absolute atomic E-state index is 0.0190. The van der Waals surface area contributed by atoms with Gasteiger partial charge in [0.15, 0.2) is 5.82 Å². The summed E-state index contributed by atoms with van der Waals surface area (Å²) in [6.45, 7) is 6.36. The molecule has 0 aliphatic carbocycles. The van der Waals surface area contributed by atoms with E-state index in [1.165, 1.54) is 30.6 Å². The molecule has 0 spiro atoms. The summed E-state index contributed by atoms with van der Waals surface area (Å²) >= 11 is 1.70. The second kappa shape index (κ2) is 12.3. The van der Waals surface area contributed by atoms with Gasteiger partial charge in [-0.2, -0.15) is 0 Å². The fraction of sp³-hybridized carbons (Fsp3) is 0.370. The van der Waals surface area contributed by atoms with Gasteiger partial charge in [-0.25, -0.2) is 9.97 Å². The van der Waals surface area contributed by atoms with E-state index in [-0.39, 0.29) is 6.42 Å². The average Bonchev–Trinajstić information content (AvgIpc) is 3.26. The minimum Gasteiger partial charge on any atom is -0.481 e. The first-order valence-electron chi connectivity index (χ1n) is 11.7. The Morgan fingerprint density at radius 2 is 1.85 bits per heavy atom. The zero-order chi connectivity index (χ0) is 23.6. The van der Waals surface area contributed by atoms with E-state index in [4.69, 9.17) is 15.1 Å². The largest absolute Gasteiger partial charge is 0.481 e. The van der Waals surface area contributed by atoms with E-state index < -0.39 is 5.97 Å². The van der Waals surface area contributed by atoms with Gasteiger partial charge in [0.25, 0.3) is 0 Å². The number of rotatable bonds is 12. The predicted octanol–water partition coefficient (Wildman–Crippen LogP) is 7.43. The fourth-order valence-corrected chi connectivity index (χ4v) is 4.57. The number of anilines is 2. The summed E-state index contributed by atoms with van der Waals surface area (Å²) < 4.78 is 0. The summed E-state index contributed by atoms with van der Waals surface area (Å²) in [5, 5.41) is 12.4. The maximum atomic E-state index is 10.9. The standard InChI is InChI=1S/C27H33N3O2S/c1-4-6-7-8-9-10-11-22-16-17-24(33-22)27-28-19(3)23(5-2)26(30-27)29-21-14-12-20(13-15-21)18-25(31)32/h10-17H,4-9,18H2,1-3H3,(H,31,32)(H,28,29,30)/b11-10+. The molecule has 0 amide bonds. The van der Waals surface area contributed by atoms with Gasteiger partial charge in [-0.15, -0.1) is 11.3 Å². The van der Waals surface area contributed by atoms with Gasteiger partial charge in [0, 0.05) is 21.8 Å². The van der Waals surface area contributed by atoms with Gasteiger partial charge >= 0.3 is 5.97 Å². The molecular formula is C27H33N3O2S. The minimum atomic E-state index is -0.832. The Balaban J connectivity index is 1.76. The maximum absolute atomic E-state index is 10.9. The molecule has 174 valence electrons. The van der Waals surface area contributed by atoms with Gasteiger partial charge in [-0.3, -0.25) is 4.79 Å². The Labute approximate surface area is 200 Å². The average molecular weight is 464 g/mol. The predicted molar refractivity (Wildman–Crippen MR) is 138 cm³/mol. The van der Waals surface area contributed by atoms with Crippen LogP contribution in [-0.4, -0.2) is 21.0 Å². The monoisotopic (exact) mass is 463 g/mol. The van der Waals surface area contributed by atoms with Crippen LogP contribution in [-0.2, 0) is 17.6 Å². The van der Waals surface area contributed by atoms with Crippen molar-refractivity contribution in [3.63, 3.8) is 0 Å². The van der Waals surface area contributed by atoms with E-state index in [1.54, 1.807) is 11.3 Å². The molecule has 0 aliphatic heterocycles. The Morgan fingerprint density at radius 3 is 2.55 bits per heavy atom. The molecule has 0 unspecified atom stereocenters. The lowest BCUT2D eigenvalue weighted by molar-refractivity contribution is -0.136. The molecule has 3 aromatic rings. The van der Waals surface area contributed by atoms with Crippen molar-refractivity contribution in [3.8, 4) is 10.7 Å². The van der Waals surface area contributed by atoms with Crippen LogP contribution in [0.5, 0.6) is 0 Å². The summed E-state index contributed by atoms with van der Waals surface area (Å²) in [6, 6.07) is 11.7. The van der Waals surface area contributed by atoms with Crippen molar-refractivity contribution in [2.24, 2.45) is 0 Å². The fourth-order valence-electron chi connectivity index (χ4n) is 3.70. The Hall–Kier alpha value is -2.99. The number of unbranched alkanes of at least 4 members (excludes halogenated alkanes) is 4. The second-order valence-electron chi connectivity index (χ2n) is 8.16. The van der Waals surface area contributed by atoms with Gasteiger partial charge in [-0.05, 0) is 62.1 Å². The van der Waals surface area contributed by atoms with Crippen LogP contribution in [0, 0.1) is 6.92 Å². The number of nitrogens with zero attached hydrogens (tertiary/aromatic N) is 2. The van der Waals surface area contributed by atoms with Crippen LogP contribution in [0.2, 0.25) is 0 Å². The maximum Gasteiger partial charge on any atom is 0.307 e. The summed E-state index contributed by atoms with van der Waals surface area (Å²) in [7, 11) is 0. The zero-order valence-corrected chi connectivity index (χ0v) is 20.5. The number of aryl methyl sites for hydroxylation is 1. The zero-order valence-electron chi connectivity index (χ0n) is 19.7. The Morgan fingerprint density at radius 1 is 1.06 bits per heavy atom. The first-order valence-corrected chi connectivity index (χ1v) is 12.5. The number of thiophene rings is 1. The number of aromatic nitrogens is 2. The number of carbonyl (C=O) groups is 1. The van der Waals surface area contributed by atoms with Crippen LogP contribution in [0.25, 0.3) is 16.8 Å². The van der Waals surface area contributed by atoms with Crippen LogP contribution in [0.3, 0.4) is 0 Å². The van der Waals surface area contributed by atoms with Crippen LogP contribution in [0.4, 0.5) is 11.5 Å². The van der Waals surface area contributed by atoms with Gasteiger partial charge in [0.1, 0.15) is 5.82 Å². The summed E-state index contributed by atoms with van der Waals surface area (Å²) in [5.41, 5.74) is 3.69. The second-order valence-corrected chi connectivity index (χ2v) is 9.27. The molecular weight excluding hydrogens is 430 g/mol. The van der Waals surface area contributed by atoms with Crippen molar-refractivity contribution >= 4 is 34.9 Å². The summed E-state index contributed by atoms with van der Waals surface area (Å²) in [5.74, 6) is 0.691. The lowest BCUT2D eigenvalue weighted by atomic mass is 10.1. The molecule has 0 saturated heterocycles. The summed E-state index contributed by atoms with van der Waals surface area (Å²) in [4.78, 5) is 22.8. The molecule has 0 radical (unpaired) electrons. The van der Waals surface area contributed by atoms with E-state index >= 15 is 0 Å². The van der Waals surface area contributed by atoms with Gasteiger partial charge in [-0.1, -0.05) is 51.3 Å². The number of carboxylic acids is 1. The number of benzene rings is 1. The van der Waals surface area contributed by atoms with Crippen LogP contribution in [0.15, 0.2) is 42.5 Å². The third-order valence-electron chi connectivity index (χ3n) is 5.49. The molecule has 0 atom stereocenters. The number of carboxylic acid groups (broad SMARTS) is 1. The Kier molecular flexibility index (Phi) is 9.19. The number of aliphatic carboxylic acids is 1. The SMILES string of the molecule is CCCCCC/C=C/c1ccc(-c2nc(C)c(CC)c(Nc3ccc(CC(=O)O)cc3)n2)s1. The van der Waals surface area contributed by atoms with E-state index in [2.05, 4.69) is 43.4 Å². The van der Waals surface area contributed by atoms with Crippen molar-refractivity contribution in [2.75, 3.05) is 5.32 Å². The van der Waals surface area contributed by atoms with E-state index in [9.17, 15) is 4.79 Å². The van der Waals surface area contributed by atoms with E-state index in [1.807, 2.05) is 31.2 Å². The van der Waals surface area contributed by atoms with Crippen molar-refractivity contribution in [1.82, 2.24) is 9.97 Å². The first kappa shape index (κ1) is 24.6. The lowest BCUT2D eigenvalue weighted by Crippen LogP contribution is -2.05. The molecule has 2 aromatic heterocycles. The van der Waals surface area contributed by atoms with E-state index in [0.717, 1.165) is 51.9 Å². The topological polar surface area (TPSA) is 75.1 Å². The molecule has 0 aliphatic rings. The summed E-state index contributed by atoms with van der Waals surface area (Å²) in [6.07, 6.45) is 11.5. The third-order valence-corrected chi connectivity index (χ3v) is 6.54. The molecule has 2 heterocycles. The number of nitrogens with one attached hydrogen (secondary N) is 1. The Bertz CT molecular complexity index is 1090. The van der Waals surface area contributed by atoms with E-state index in [0.29, 0.717) is 0 Å². The van der Waals surface area contributed by atoms with Crippen molar-refractivity contribution in [3.05, 3.63) is 64.2 Å². The molecule has 2 N–H and O–H groups in total. The molecule has 6 heteroatoms. The molecule has 5 nitrogen and oxygen atoms in total. The highest BCUT2D eigenvalue weighted by Crippen LogP contribution is 2.30. The molecule has 0 saturated carbocycles. The quantitative estimate of drug-likeness (QED) is 0.273. The highest BCUT2D eigenvalue weighted by atomic mass is 32.1. The van der Waals surface area contributed by atoms with Crippen molar-refractivity contribution < 1.29 is 9.90 Å². The number of hydrogen-bond donors (Lipinski definition) is 2. The highest BCUT2D eigenvalue weighted by molar-refractivity contribution is 7.16. The highest BCUT2D eigenvalue weighted by Gasteiger charge is 2.13. The number of allylic oxidation sites excluding steroid dienone is 1. The van der Waals surface area contributed by atoms with Crippen LogP contribution < -0.4 is 5.32 Å². The molecule has 3 rings (SSSR count). The van der Waals surface area contributed by atoms with Crippen LogP contribution >= 0.6 is 11.3 Å². The first-order chi connectivity index (χ1) is 16.0. The van der Waals surface area contributed by atoms with Gasteiger partial charge in [0.05, 0.1) is 11.3 Å².